The SMILES string of the molecule is NC(=O)NN=Cc1nncc2ccccc12. The first-order valence-corrected chi connectivity index (χ1v) is 4.56. The van der Waals surface area contributed by atoms with Gasteiger partial charge in [-0.05, 0) is 0 Å². The predicted octanol–water partition coefficient (Wildman–Crippen LogP) is 0.632. The zero-order valence-corrected chi connectivity index (χ0v) is 8.29. The molecule has 0 radical (unpaired) electrons. The number of primary amides is 1. The molecule has 0 atom stereocenters. The molecule has 16 heavy (non-hydrogen) atoms. The minimum atomic E-state index is -0.718. The average molecular weight is 215 g/mol. The number of rotatable bonds is 2. The topological polar surface area (TPSA) is 93.3 Å². The molecule has 0 spiro atoms. The number of carbonyl (C=O) groups is 1. The van der Waals surface area contributed by atoms with Crippen molar-refractivity contribution < 1.29 is 4.79 Å². The minimum absolute atomic E-state index is 0.576. The van der Waals surface area contributed by atoms with E-state index in [0.29, 0.717) is 5.69 Å². The second kappa shape index (κ2) is 4.35. The fourth-order valence-electron chi connectivity index (χ4n) is 1.30. The summed E-state index contributed by atoms with van der Waals surface area (Å²) in [6.45, 7) is 0. The van der Waals surface area contributed by atoms with Crippen LogP contribution in [0.5, 0.6) is 0 Å². The molecule has 0 unspecified atom stereocenters. The van der Waals surface area contributed by atoms with Gasteiger partial charge >= 0.3 is 6.03 Å². The molecule has 0 aliphatic carbocycles. The van der Waals surface area contributed by atoms with Crippen molar-refractivity contribution in [1.82, 2.24) is 15.6 Å². The van der Waals surface area contributed by atoms with Gasteiger partial charge in [-0.15, -0.1) is 5.10 Å². The van der Waals surface area contributed by atoms with E-state index in [1.165, 1.54) is 6.21 Å². The molecular formula is C10H9N5O. The van der Waals surface area contributed by atoms with E-state index in [0.717, 1.165) is 10.8 Å². The number of carbonyl (C=O) groups excluding carboxylic acids is 1. The number of nitrogens with zero attached hydrogens (tertiary/aromatic N) is 3. The van der Waals surface area contributed by atoms with Gasteiger partial charge in [-0.25, -0.2) is 10.2 Å². The zero-order valence-electron chi connectivity index (χ0n) is 8.29. The number of nitrogens with two attached hydrogens (primary N) is 1. The van der Waals surface area contributed by atoms with Gasteiger partial charge in [0.2, 0.25) is 0 Å². The quantitative estimate of drug-likeness (QED) is 0.568. The second-order valence-electron chi connectivity index (χ2n) is 3.05. The van der Waals surface area contributed by atoms with Crippen LogP contribution in [-0.4, -0.2) is 22.4 Å². The van der Waals surface area contributed by atoms with Gasteiger partial charge in [0.25, 0.3) is 0 Å². The number of hydrogen-bond donors (Lipinski definition) is 2. The predicted molar refractivity (Wildman–Crippen MR) is 59.9 cm³/mol. The highest BCUT2D eigenvalue weighted by Crippen LogP contribution is 2.13. The first-order valence-electron chi connectivity index (χ1n) is 4.56. The second-order valence-corrected chi connectivity index (χ2v) is 3.05. The van der Waals surface area contributed by atoms with Gasteiger partial charge in [0, 0.05) is 10.8 Å². The van der Waals surface area contributed by atoms with Gasteiger partial charge in [-0.2, -0.15) is 10.2 Å². The largest absolute Gasteiger partial charge is 0.350 e. The van der Waals surface area contributed by atoms with Crippen LogP contribution in [-0.2, 0) is 0 Å². The maximum Gasteiger partial charge on any atom is 0.332 e. The summed E-state index contributed by atoms with van der Waals surface area (Å²) in [5.41, 5.74) is 7.54. The van der Waals surface area contributed by atoms with Crippen LogP contribution < -0.4 is 11.2 Å². The van der Waals surface area contributed by atoms with E-state index in [1.807, 2.05) is 24.3 Å². The van der Waals surface area contributed by atoms with Crippen LogP contribution >= 0.6 is 0 Å². The van der Waals surface area contributed by atoms with Crippen molar-refractivity contribution in [1.29, 1.82) is 0 Å². The molecule has 80 valence electrons. The Kier molecular flexibility index (Phi) is 2.73. The molecule has 6 heteroatoms. The van der Waals surface area contributed by atoms with Gasteiger partial charge in [0.1, 0.15) is 5.69 Å². The first-order chi connectivity index (χ1) is 7.77. The summed E-state index contributed by atoms with van der Waals surface area (Å²) in [7, 11) is 0. The van der Waals surface area contributed by atoms with Gasteiger partial charge in [-0.3, -0.25) is 0 Å². The summed E-state index contributed by atoms with van der Waals surface area (Å²) in [5.74, 6) is 0. The number of hydrogen-bond acceptors (Lipinski definition) is 4. The third kappa shape index (κ3) is 2.11. The Morgan fingerprint density at radius 2 is 2.25 bits per heavy atom. The van der Waals surface area contributed by atoms with Crippen LogP contribution in [0.1, 0.15) is 5.69 Å². The standard InChI is InChI=1S/C10H9N5O/c11-10(16)15-13-6-9-8-4-2-1-3-7(8)5-12-14-9/h1-6H,(H3,11,15,16). The number of hydrazone groups is 1. The summed E-state index contributed by atoms with van der Waals surface area (Å²) in [6, 6.07) is 6.90. The molecular weight excluding hydrogens is 206 g/mol. The molecule has 1 heterocycles. The van der Waals surface area contributed by atoms with Crippen LogP contribution in [0.4, 0.5) is 4.79 Å². The Hall–Kier alpha value is -2.50. The molecule has 0 aliphatic rings. The van der Waals surface area contributed by atoms with Crippen molar-refractivity contribution in [2.24, 2.45) is 10.8 Å². The van der Waals surface area contributed by atoms with E-state index in [1.54, 1.807) is 6.20 Å². The molecule has 0 saturated heterocycles. The minimum Gasteiger partial charge on any atom is -0.350 e. The fourth-order valence-corrected chi connectivity index (χ4v) is 1.30. The van der Waals surface area contributed by atoms with Gasteiger partial charge < -0.3 is 5.73 Å². The normalized spacial score (nSPS) is 10.8. The number of nitrogens with one attached hydrogen (secondary N) is 1. The monoisotopic (exact) mass is 215 g/mol. The smallest absolute Gasteiger partial charge is 0.332 e. The van der Waals surface area contributed by atoms with Crippen molar-refractivity contribution in [3.05, 3.63) is 36.2 Å². The average Bonchev–Trinajstić information content (AvgIpc) is 2.29. The van der Waals surface area contributed by atoms with Crippen molar-refractivity contribution in [3.63, 3.8) is 0 Å². The number of fused-ring (bicyclic) bond motifs is 1. The van der Waals surface area contributed by atoms with Gasteiger partial charge in [-0.1, -0.05) is 24.3 Å². The fraction of sp³-hybridized carbons (Fsp3) is 0. The lowest BCUT2D eigenvalue weighted by Crippen LogP contribution is -2.24. The van der Waals surface area contributed by atoms with Crippen molar-refractivity contribution >= 4 is 23.0 Å². The number of amides is 2. The summed E-state index contributed by atoms with van der Waals surface area (Å²) >= 11 is 0. The zero-order chi connectivity index (χ0) is 11.4. The lowest BCUT2D eigenvalue weighted by atomic mass is 10.1. The highest BCUT2D eigenvalue weighted by Gasteiger charge is 1.99. The Balaban J connectivity index is 2.37. The van der Waals surface area contributed by atoms with Crippen molar-refractivity contribution in [3.8, 4) is 0 Å². The Bertz CT molecular complexity index is 546. The maximum atomic E-state index is 10.4. The van der Waals surface area contributed by atoms with Gasteiger partial charge in [0.05, 0.1) is 12.4 Å². The number of aromatic nitrogens is 2. The molecule has 3 N–H and O–H groups in total. The number of benzene rings is 1. The maximum absolute atomic E-state index is 10.4. The Morgan fingerprint density at radius 3 is 3.06 bits per heavy atom. The highest BCUT2D eigenvalue weighted by molar-refractivity contribution is 5.97. The number of urea groups is 1. The molecule has 0 saturated carbocycles. The van der Waals surface area contributed by atoms with E-state index in [4.69, 9.17) is 5.73 Å². The Labute approximate surface area is 91.2 Å². The Morgan fingerprint density at radius 1 is 1.44 bits per heavy atom. The molecule has 2 amide bonds. The summed E-state index contributed by atoms with van der Waals surface area (Å²) < 4.78 is 0. The molecule has 0 bridgehead atoms. The highest BCUT2D eigenvalue weighted by atomic mass is 16.2. The molecule has 2 rings (SSSR count). The summed E-state index contributed by atoms with van der Waals surface area (Å²) in [6.07, 6.45) is 3.06. The molecule has 1 aromatic carbocycles. The van der Waals surface area contributed by atoms with Crippen LogP contribution in [0, 0.1) is 0 Å². The van der Waals surface area contributed by atoms with E-state index < -0.39 is 6.03 Å². The van der Waals surface area contributed by atoms with Crippen LogP contribution in [0.3, 0.4) is 0 Å². The lowest BCUT2D eigenvalue weighted by molar-refractivity contribution is 0.249. The first kappa shape index (κ1) is 10.0. The van der Waals surface area contributed by atoms with Crippen molar-refractivity contribution in [2.45, 2.75) is 0 Å². The molecule has 1 aromatic heterocycles. The van der Waals surface area contributed by atoms with Crippen LogP contribution in [0.25, 0.3) is 10.8 Å². The van der Waals surface area contributed by atoms with E-state index >= 15 is 0 Å². The van der Waals surface area contributed by atoms with E-state index in [9.17, 15) is 4.79 Å². The summed E-state index contributed by atoms with van der Waals surface area (Å²) in [5, 5.41) is 13.2. The van der Waals surface area contributed by atoms with Gasteiger partial charge in [0.15, 0.2) is 0 Å². The van der Waals surface area contributed by atoms with Crippen LogP contribution in [0.2, 0.25) is 0 Å². The lowest BCUT2D eigenvalue weighted by Gasteiger charge is -1.98. The van der Waals surface area contributed by atoms with E-state index in [-0.39, 0.29) is 0 Å². The molecule has 6 nitrogen and oxygen atoms in total. The van der Waals surface area contributed by atoms with Crippen LogP contribution in [0.15, 0.2) is 35.6 Å². The molecule has 0 fully saturated rings. The molecule has 0 aliphatic heterocycles. The third-order valence-electron chi connectivity index (χ3n) is 1.96. The summed E-state index contributed by atoms with van der Waals surface area (Å²) in [4.78, 5) is 10.4. The van der Waals surface area contributed by atoms with Crippen molar-refractivity contribution in [2.75, 3.05) is 0 Å². The third-order valence-corrected chi connectivity index (χ3v) is 1.96. The van der Waals surface area contributed by atoms with E-state index in [2.05, 4.69) is 20.7 Å². The molecule has 2 aromatic rings.